The van der Waals surface area contributed by atoms with Gasteiger partial charge in [0.05, 0.1) is 5.01 Å². The minimum Gasteiger partial charge on any atom is -0.317 e. The van der Waals surface area contributed by atoms with Gasteiger partial charge >= 0.3 is 0 Å². The van der Waals surface area contributed by atoms with E-state index in [4.69, 9.17) is 0 Å². The third-order valence-electron chi connectivity index (χ3n) is 3.07. The summed E-state index contributed by atoms with van der Waals surface area (Å²) >= 11 is 1.77. The molecule has 1 aliphatic rings. The molecule has 0 unspecified atom stereocenters. The van der Waals surface area contributed by atoms with E-state index in [9.17, 15) is 0 Å². The van der Waals surface area contributed by atoms with Gasteiger partial charge in [-0.05, 0) is 45.3 Å². The topological polar surface area (TPSA) is 37.0 Å². The fraction of sp³-hybridized carbons (Fsp3) is 0.750. The lowest BCUT2D eigenvalue weighted by atomic mass is 9.98. The molecule has 1 saturated heterocycles. The number of thiazole rings is 1. The Morgan fingerprint density at radius 1 is 1.50 bits per heavy atom. The van der Waals surface area contributed by atoms with Crippen molar-refractivity contribution in [2.75, 3.05) is 26.2 Å². The lowest BCUT2D eigenvalue weighted by molar-refractivity contribution is 0.358. The quantitative estimate of drug-likeness (QED) is 0.766. The van der Waals surface area contributed by atoms with Crippen LogP contribution in [0.4, 0.5) is 0 Å². The molecule has 2 heterocycles. The fourth-order valence-corrected chi connectivity index (χ4v) is 2.88. The first-order valence-electron chi connectivity index (χ1n) is 6.17. The van der Waals surface area contributed by atoms with Crippen molar-refractivity contribution in [3.05, 3.63) is 16.1 Å². The second-order valence-electron chi connectivity index (χ2n) is 4.53. The van der Waals surface area contributed by atoms with E-state index in [2.05, 4.69) is 27.9 Å². The molecule has 0 aliphatic carbocycles. The maximum Gasteiger partial charge on any atom is 0.0940 e. The number of aryl methyl sites for hydroxylation is 1. The van der Waals surface area contributed by atoms with E-state index in [0.717, 1.165) is 24.6 Å². The SMILES string of the molecule is Cc1csc(CCNCC2CCNCC2)n1. The summed E-state index contributed by atoms with van der Waals surface area (Å²) in [6.45, 7) is 6.68. The van der Waals surface area contributed by atoms with Crippen LogP contribution in [0, 0.1) is 12.8 Å². The Bertz CT molecular complexity index is 305. The maximum atomic E-state index is 4.46. The Labute approximate surface area is 102 Å². The highest BCUT2D eigenvalue weighted by Crippen LogP contribution is 2.11. The van der Waals surface area contributed by atoms with E-state index >= 15 is 0 Å². The van der Waals surface area contributed by atoms with Crippen molar-refractivity contribution >= 4 is 11.3 Å². The second-order valence-corrected chi connectivity index (χ2v) is 5.47. The van der Waals surface area contributed by atoms with Crippen LogP contribution in [-0.2, 0) is 6.42 Å². The predicted molar refractivity (Wildman–Crippen MR) is 69.0 cm³/mol. The summed E-state index contributed by atoms with van der Waals surface area (Å²) in [5.41, 5.74) is 1.15. The molecule has 3 nitrogen and oxygen atoms in total. The van der Waals surface area contributed by atoms with Crippen LogP contribution in [0.15, 0.2) is 5.38 Å². The normalized spacial score (nSPS) is 17.8. The summed E-state index contributed by atoms with van der Waals surface area (Å²) in [6, 6.07) is 0. The van der Waals surface area contributed by atoms with Gasteiger partial charge in [-0.25, -0.2) is 4.98 Å². The van der Waals surface area contributed by atoms with E-state index in [0.29, 0.717) is 0 Å². The standard InChI is InChI=1S/C12H21N3S/c1-10-9-16-12(15-10)4-7-14-8-11-2-5-13-6-3-11/h9,11,13-14H,2-8H2,1H3. The van der Waals surface area contributed by atoms with Gasteiger partial charge in [-0.2, -0.15) is 0 Å². The van der Waals surface area contributed by atoms with Crippen LogP contribution in [0.3, 0.4) is 0 Å². The number of aromatic nitrogens is 1. The summed E-state index contributed by atoms with van der Waals surface area (Å²) in [5, 5.41) is 10.3. The van der Waals surface area contributed by atoms with Crippen molar-refractivity contribution in [3.63, 3.8) is 0 Å². The van der Waals surface area contributed by atoms with Crippen LogP contribution in [0.1, 0.15) is 23.5 Å². The Balaban J connectivity index is 1.57. The zero-order valence-electron chi connectivity index (χ0n) is 9.96. The minimum absolute atomic E-state index is 0.874. The highest BCUT2D eigenvalue weighted by atomic mass is 32.1. The molecule has 0 bridgehead atoms. The molecule has 0 radical (unpaired) electrons. The molecule has 0 amide bonds. The Morgan fingerprint density at radius 2 is 2.31 bits per heavy atom. The highest BCUT2D eigenvalue weighted by Gasteiger charge is 2.11. The number of piperidine rings is 1. The summed E-state index contributed by atoms with van der Waals surface area (Å²) in [6.07, 6.45) is 3.72. The molecule has 0 spiro atoms. The smallest absolute Gasteiger partial charge is 0.0940 e. The van der Waals surface area contributed by atoms with Gasteiger partial charge < -0.3 is 10.6 Å². The van der Waals surface area contributed by atoms with Gasteiger partial charge in [-0.15, -0.1) is 11.3 Å². The van der Waals surface area contributed by atoms with Crippen LogP contribution in [-0.4, -0.2) is 31.2 Å². The molecule has 2 rings (SSSR count). The van der Waals surface area contributed by atoms with E-state index in [-0.39, 0.29) is 0 Å². The van der Waals surface area contributed by atoms with Gasteiger partial charge in [-0.3, -0.25) is 0 Å². The molecule has 1 aromatic rings. The highest BCUT2D eigenvalue weighted by molar-refractivity contribution is 7.09. The first-order valence-corrected chi connectivity index (χ1v) is 7.05. The van der Waals surface area contributed by atoms with Crippen molar-refractivity contribution in [2.24, 2.45) is 5.92 Å². The molecule has 0 saturated carbocycles. The van der Waals surface area contributed by atoms with E-state index in [1.807, 2.05) is 0 Å². The van der Waals surface area contributed by atoms with Crippen molar-refractivity contribution in [3.8, 4) is 0 Å². The molecule has 1 aliphatic heterocycles. The summed E-state index contributed by atoms with van der Waals surface area (Å²) < 4.78 is 0. The molecule has 90 valence electrons. The Kier molecular flexibility index (Phi) is 4.75. The average Bonchev–Trinajstić information content (AvgIpc) is 2.72. The van der Waals surface area contributed by atoms with Crippen molar-refractivity contribution in [1.29, 1.82) is 0 Å². The van der Waals surface area contributed by atoms with Gasteiger partial charge in [0.15, 0.2) is 0 Å². The fourth-order valence-electron chi connectivity index (χ4n) is 2.10. The maximum absolute atomic E-state index is 4.46. The van der Waals surface area contributed by atoms with E-state index in [1.54, 1.807) is 11.3 Å². The lowest BCUT2D eigenvalue weighted by Crippen LogP contribution is -2.34. The van der Waals surface area contributed by atoms with Crippen LogP contribution in [0.5, 0.6) is 0 Å². The van der Waals surface area contributed by atoms with Crippen LogP contribution in [0.2, 0.25) is 0 Å². The zero-order valence-corrected chi connectivity index (χ0v) is 10.8. The Hall–Kier alpha value is -0.450. The molecular formula is C12H21N3S. The number of rotatable bonds is 5. The number of hydrogen-bond donors (Lipinski definition) is 2. The number of hydrogen-bond acceptors (Lipinski definition) is 4. The summed E-state index contributed by atoms with van der Waals surface area (Å²) in [7, 11) is 0. The van der Waals surface area contributed by atoms with E-state index in [1.165, 1.54) is 37.5 Å². The number of nitrogens with zero attached hydrogens (tertiary/aromatic N) is 1. The molecule has 16 heavy (non-hydrogen) atoms. The lowest BCUT2D eigenvalue weighted by Gasteiger charge is -2.22. The van der Waals surface area contributed by atoms with Gasteiger partial charge in [0.1, 0.15) is 0 Å². The molecule has 1 fully saturated rings. The first-order chi connectivity index (χ1) is 7.84. The van der Waals surface area contributed by atoms with Crippen molar-refractivity contribution in [1.82, 2.24) is 15.6 Å². The molecule has 4 heteroatoms. The monoisotopic (exact) mass is 239 g/mol. The van der Waals surface area contributed by atoms with Crippen molar-refractivity contribution < 1.29 is 0 Å². The molecule has 0 aromatic carbocycles. The van der Waals surface area contributed by atoms with E-state index < -0.39 is 0 Å². The van der Waals surface area contributed by atoms with Crippen LogP contribution >= 0.6 is 11.3 Å². The molecule has 1 aromatic heterocycles. The molecule has 0 atom stereocenters. The third kappa shape index (κ3) is 3.85. The van der Waals surface area contributed by atoms with Gasteiger partial charge in [-0.1, -0.05) is 0 Å². The minimum atomic E-state index is 0.874. The molecular weight excluding hydrogens is 218 g/mol. The number of nitrogens with one attached hydrogen (secondary N) is 2. The largest absolute Gasteiger partial charge is 0.317 e. The zero-order chi connectivity index (χ0) is 11.2. The summed E-state index contributed by atoms with van der Waals surface area (Å²) in [4.78, 5) is 4.46. The van der Waals surface area contributed by atoms with Gasteiger partial charge in [0, 0.05) is 24.0 Å². The first kappa shape index (κ1) is 12.0. The van der Waals surface area contributed by atoms with Crippen LogP contribution in [0.25, 0.3) is 0 Å². The third-order valence-corrected chi connectivity index (χ3v) is 4.10. The molecule has 2 N–H and O–H groups in total. The summed E-state index contributed by atoms with van der Waals surface area (Å²) in [5.74, 6) is 0.874. The Morgan fingerprint density at radius 3 is 3.00 bits per heavy atom. The predicted octanol–water partition coefficient (Wildman–Crippen LogP) is 1.58. The average molecular weight is 239 g/mol. The second kappa shape index (κ2) is 6.33. The van der Waals surface area contributed by atoms with Gasteiger partial charge in [0.25, 0.3) is 0 Å². The van der Waals surface area contributed by atoms with Crippen molar-refractivity contribution in [2.45, 2.75) is 26.2 Å². The van der Waals surface area contributed by atoms with Gasteiger partial charge in [0.2, 0.25) is 0 Å². The van der Waals surface area contributed by atoms with Crippen LogP contribution < -0.4 is 10.6 Å².